The van der Waals surface area contributed by atoms with Crippen LogP contribution in [0.3, 0.4) is 0 Å². The molecule has 1 N–H and O–H groups in total. The van der Waals surface area contributed by atoms with Crippen LogP contribution in [0.5, 0.6) is 5.75 Å². The van der Waals surface area contributed by atoms with E-state index in [1.807, 2.05) is 12.1 Å². The second-order valence-corrected chi connectivity index (χ2v) is 7.69. The second-order valence-electron chi connectivity index (χ2n) is 6.43. The van der Waals surface area contributed by atoms with Crippen LogP contribution in [0.4, 0.5) is 11.4 Å². The third kappa shape index (κ3) is 4.23. The molecule has 1 heterocycles. The highest BCUT2D eigenvalue weighted by Crippen LogP contribution is 2.32. The number of carbonyl (C=O) groups is 1. The van der Waals surface area contributed by atoms with Gasteiger partial charge in [0, 0.05) is 23.4 Å². The number of hydrogen-bond donors (Lipinski definition) is 1. The Morgan fingerprint density at radius 3 is 2.71 bits per heavy atom. The molecule has 4 aromatic rings. The molecule has 0 bridgehead atoms. The largest absolute Gasteiger partial charge is 0.496 e. The number of fused-ring (bicyclic) bond motifs is 1. The minimum Gasteiger partial charge on any atom is -0.496 e. The maximum atomic E-state index is 12.6. The highest BCUT2D eigenvalue weighted by Gasteiger charge is 2.17. The maximum Gasteiger partial charge on any atom is 0.270 e. The minimum atomic E-state index is -0.590. The van der Waals surface area contributed by atoms with Crippen molar-refractivity contribution in [3.05, 3.63) is 79.8 Å². The normalized spacial score (nSPS) is 10.8. The van der Waals surface area contributed by atoms with Crippen LogP contribution in [0, 0.1) is 10.1 Å². The number of aromatic nitrogens is 1. The van der Waals surface area contributed by atoms with E-state index >= 15 is 0 Å². The molecule has 156 valence electrons. The van der Waals surface area contributed by atoms with Gasteiger partial charge in [-0.25, -0.2) is 4.98 Å². The number of carbonyl (C=O) groups excluding carboxylic acids is 1. The van der Waals surface area contributed by atoms with Crippen LogP contribution in [0.1, 0.15) is 10.4 Å². The summed E-state index contributed by atoms with van der Waals surface area (Å²) in [7, 11) is 1.58. The molecule has 0 saturated heterocycles. The van der Waals surface area contributed by atoms with Gasteiger partial charge in [-0.15, -0.1) is 0 Å². The Balaban J connectivity index is 1.62. The van der Waals surface area contributed by atoms with E-state index in [4.69, 9.17) is 20.8 Å². The van der Waals surface area contributed by atoms with Crippen molar-refractivity contribution in [2.75, 3.05) is 12.4 Å². The number of rotatable bonds is 5. The van der Waals surface area contributed by atoms with Gasteiger partial charge >= 0.3 is 0 Å². The predicted molar refractivity (Wildman–Crippen MR) is 120 cm³/mol. The third-order valence-electron chi connectivity index (χ3n) is 4.45. The molecule has 0 unspecified atom stereocenters. The van der Waals surface area contributed by atoms with Crippen LogP contribution in [-0.2, 0) is 0 Å². The molecule has 1 aromatic heterocycles. The van der Waals surface area contributed by atoms with Crippen molar-refractivity contribution in [3.63, 3.8) is 0 Å². The van der Waals surface area contributed by atoms with Gasteiger partial charge in [0.15, 0.2) is 5.58 Å². The topological polar surface area (TPSA) is 108 Å². The lowest BCUT2D eigenvalue weighted by molar-refractivity contribution is -0.384. The van der Waals surface area contributed by atoms with Crippen LogP contribution in [0.15, 0.2) is 63.5 Å². The Morgan fingerprint density at radius 1 is 1.19 bits per heavy atom. The SMILES string of the molecule is COc1ccc(-c2nc3cc(NC(=O)c4cc([N+](=O)[O-])ccc4Cl)ccc3o2)cc1Br. The van der Waals surface area contributed by atoms with Gasteiger partial charge in [-0.05, 0) is 58.4 Å². The average molecular weight is 503 g/mol. The van der Waals surface area contributed by atoms with Crippen molar-refractivity contribution in [1.82, 2.24) is 4.98 Å². The number of anilines is 1. The summed E-state index contributed by atoms with van der Waals surface area (Å²) in [5, 5.41) is 13.8. The van der Waals surface area contributed by atoms with Gasteiger partial charge in [0.1, 0.15) is 11.3 Å². The molecular weight excluding hydrogens is 490 g/mol. The van der Waals surface area contributed by atoms with E-state index < -0.39 is 10.8 Å². The lowest BCUT2D eigenvalue weighted by Gasteiger charge is -2.06. The molecule has 31 heavy (non-hydrogen) atoms. The minimum absolute atomic E-state index is 0.000103. The number of nitro groups is 1. The molecule has 0 fully saturated rings. The Bertz CT molecular complexity index is 1340. The molecule has 0 aliphatic carbocycles. The van der Waals surface area contributed by atoms with Crippen LogP contribution < -0.4 is 10.1 Å². The van der Waals surface area contributed by atoms with Crippen molar-refractivity contribution < 1.29 is 18.9 Å². The quantitative estimate of drug-likeness (QED) is 0.262. The van der Waals surface area contributed by atoms with Crippen molar-refractivity contribution in [1.29, 1.82) is 0 Å². The van der Waals surface area contributed by atoms with Gasteiger partial charge in [0.25, 0.3) is 11.6 Å². The fourth-order valence-corrected chi connectivity index (χ4v) is 3.67. The second kappa shape index (κ2) is 8.37. The molecule has 10 heteroatoms. The number of benzene rings is 3. The first kappa shape index (κ1) is 20.8. The lowest BCUT2D eigenvalue weighted by atomic mass is 10.2. The smallest absolute Gasteiger partial charge is 0.270 e. The maximum absolute atomic E-state index is 12.6. The van der Waals surface area contributed by atoms with E-state index in [1.54, 1.807) is 31.4 Å². The van der Waals surface area contributed by atoms with E-state index in [2.05, 4.69) is 26.2 Å². The zero-order chi connectivity index (χ0) is 22.1. The first-order chi connectivity index (χ1) is 14.9. The summed E-state index contributed by atoms with van der Waals surface area (Å²) in [6.07, 6.45) is 0. The van der Waals surface area contributed by atoms with Crippen molar-refractivity contribution in [2.45, 2.75) is 0 Å². The summed E-state index contributed by atoms with van der Waals surface area (Å²) < 4.78 is 11.8. The Labute approximate surface area is 189 Å². The molecule has 0 aliphatic rings. The molecule has 0 spiro atoms. The fraction of sp³-hybridized carbons (Fsp3) is 0.0476. The zero-order valence-corrected chi connectivity index (χ0v) is 18.2. The number of amides is 1. The van der Waals surface area contributed by atoms with Crippen LogP contribution in [-0.4, -0.2) is 22.9 Å². The fourth-order valence-electron chi connectivity index (χ4n) is 2.93. The van der Waals surface area contributed by atoms with E-state index in [0.717, 1.165) is 16.1 Å². The molecule has 0 aliphatic heterocycles. The Hall–Kier alpha value is -3.43. The highest BCUT2D eigenvalue weighted by molar-refractivity contribution is 9.10. The summed E-state index contributed by atoms with van der Waals surface area (Å²) in [5.74, 6) is 0.518. The molecule has 0 radical (unpaired) electrons. The van der Waals surface area contributed by atoms with Crippen LogP contribution in [0.25, 0.3) is 22.6 Å². The average Bonchev–Trinajstić information content (AvgIpc) is 3.17. The lowest BCUT2D eigenvalue weighted by Crippen LogP contribution is -2.12. The number of halogens is 2. The molecular formula is C21H13BrClN3O5. The van der Waals surface area contributed by atoms with Gasteiger partial charge in [-0.3, -0.25) is 14.9 Å². The number of methoxy groups -OCH3 is 1. The van der Waals surface area contributed by atoms with Crippen molar-refractivity contribution in [3.8, 4) is 17.2 Å². The molecule has 4 rings (SSSR count). The molecule has 8 nitrogen and oxygen atoms in total. The third-order valence-corrected chi connectivity index (χ3v) is 5.40. The van der Waals surface area contributed by atoms with Gasteiger partial charge in [-0.1, -0.05) is 11.6 Å². The number of non-ortho nitro benzene ring substituents is 1. The number of hydrogen-bond acceptors (Lipinski definition) is 6. The van der Waals surface area contributed by atoms with Gasteiger partial charge in [0.05, 0.1) is 27.1 Å². The van der Waals surface area contributed by atoms with Gasteiger partial charge < -0.3 is 14.5 Å². The molecule has 3 aromatic carbocycles. The number of nitro benzene ring substituents is 1. The van der Waals surface area contributed by atoms with Gasteiger partial charge in [-0.2, -0.15) is 0 Å². The molecule has 0 atom stereocenters. The van der Waals surface area contributed by atoms with Crippen LogP contribution >= 0.6 is 27.5 Å². The number of ether oxygens (including phenoxy) is 1. The number of nitrogens with one attached hydrogen (secondary N) is 1. The molecule has 0 saturated carbocycles. The standard InChI is InChI=1S/C21H13BrClN3O5/c1-30-18-6-2-11(8-15(18)22)21-25-17-9-12(3-7-19(17)31-21)24-20(27)14-10-13(26(28)29)4-5-16(14)23/h2-10H,1H3,(H,24,27). The van der Waals surface area contributed by atoms with Crippen LogP contribution in [0.2, 0.25) is 5.02 Å². The summed E-state index contributed by atoms with van der Waals surface area (Å²) in [6, 6.07) is 14.1. The summed E-state index contributed by atoms with van der Waals surface area (Å²) in [4.78, 5) is 27.5. The summed E-state index contributed by atoms with van der Waals surface area (Å²) >= 11 is 9.47. The number of oxazole rings is 1. The number of nitrogens with zero attached hydrogens (tertiary/aromatic N) is 2. The van der Waals surface area contributed by atoms with Gasteiger partial charge in [0.2, 0.25) is 5.89 Å². The van der Waals surface area contributed by atoms with E-state index in [0.29, 0.717) is 28.4 Å². The summed E-state index contributed by atoms with van der Waals surface area (Å²) in [5.41, 5.74) is 2.03. The predicted octanol–water partition coefficient (Wildman–Crippen LogP) is 6.08. The monoisotopic (exact) mass is 501 g/mol. The summed E-state index contributed by atoms with van der Waals surface area (Å²) in [6.45, 7) is 0. The zero-order valence-electron chi connectivity index (χ0n) is 15.9. The van der Waals surface area contributed by atoms with E-state index in [9.17, 15) is 14.9 Å². The Kier molecular flexibility index (Phi) is 5.62. The van der Waals surface area contributed by atoms with Crippen molar-refractivity contribution >= 4 is 55.9 Å². The molecule has 1 amide bonds. The highest BCUT2D eigenvalue weighted by atomic mass is 79.9. The van der Waals surface area contributed by atoms with E-state index in [-0.39, 0.29) is 16.3 Å². The first-order valence-electron chi connectivity index (χ1n) is 8.85. The first-order valence-corrected chi connectivity index (χ1v) is 10.0. The van der Waals surface area contributed by atoms with E-state index in [1.165, 1.54) is 12.1 Å². The van der Waals surface area contributed by atoms with Crippen molar-refractivity contribution in [2.24, 2.45) is 0 Å². The Morgan fingerprint density at radius 2 is 2.00 bits per heavy atom.